The summed E-state index contributed by atoms with van der Waals surface area (Å²) in [7, 11) is 0. The SMILES string of the molecule is O=C(CSCC(=O)N1CCCCC1)Nc1cccc(Cl)c1. The molecular weight excluding hydrogens is 308 g/mol. The van der Waals surface area contributed by atoms with Gasteiger partial charge in [-0.1, -0.05) is 17.7 Å². The summed E-state index contributed by atoms with van der Waals surface area (Å²) in [4.78, 5) is 25.6. The van der Waals surface area contributed by atoms with Crippen LogP contribution in [0, 0.1) is 0 Å². The number of nitrogens with zero attached hydrogens (tertiary/aromatic N) is 1. The van der Waals surface area contributed by atoms with Crippen LogP contribution in [0.25, 0.3) is 0 Å². The van der Waals surface area contributed by atoms with Crippen LogP contribution in [0.1, 0.15) is 19.3 Å². The Morgan fingerprint density at radius 3 is 2.67 bits per heavy atom. The van der Waals surface area contributed by atoms with Gasteiger partial charge in [-0.25, -0.2) is 0 Å². The van der Waals surface area contributed by atoms with Crippen LogP contribution in [-0.4, -0.2) is 41.3 Å². The van der Waals surface area contributed by atoms with Gasteiger partial charge in [0.25, 0.3) is 0 Å². The fourth-order valence-corrected chi connectivity index (χ4v) is 3.14. The number of hydrogen-bond acceptors (Lipinski definition) is 3. The summed E-state index contributed by atoms with van der Waals surface area (Å²) in [6, 6.07) is 7.02. The minimum atomic E-state index is -0.117. The van der Waals surface area contributed by atoms with E-state index in [2.05, 4.69) is 5.32 Å². The molecule has 1 aromatic rings. The van der Waals surface area contributed by atoms with Gasteiger partial charge in [0.05, 0.1) is 11.5 Å². The van der Waals surface area contributed by atoms with Crippen LogP contribution in [0.15, 0.2) is 24.3 Å². The molecule has 0 aromatic heterocycles. The van der Waals surface area contributed by atoms with Gasteiger partial charge in [0.15, 0.2) is 0 Å². The molecule has 1 heterocycles. The summed E-state index contributed by atoms with van der Waals surface area (Å²) in [5, 5.41) is 3.35. The lowest BCUT2D eigenvalue weighted by atomic mass is 10.1. The number of nitrogens with one attached hydrogen (secondary N) is 1. The quantitative estimate of drug-likeness (QED) is 0.904. The Labute approximate surface area is 134 Å². The van der Waals surface area contributed by atoms with E-state index in [0.717, 1.165) is 25.9 Å². The molecule has 0 bridgehead atoms. The second-order valence-corrected chi connectivity index (χ2v) is 6.41. The number of rotatable bonds is 5. The fraction of sp³-hybridized carbons (Fsp3) is 0.467. The van der Waals surface area contributed by atoms with Crippen molar-refractivity contribution in [1.29, 1.82) is 0 Å². The lowest BCUT2D eigenvalue weighted by Crippen LogP contribution is -2.37. The Morgan fingerprint density at radius 2 is 1.95 bits per heavy atom. The first-order valence-corrected chi connectivity index (χ1v) is 8.59. The lowest BCUT2D eigenvalue weighted by molar-refractivity contribution is -0.129. The van der Waals surface area contributed by atoms with E-state index >= 15 is 0 Å². The average Bonchev–Trinajstić information content (AvgIpc) is 2.48. The molecule has 21 heavy (non-hydrogen) atoms. The van der Waals surface area contributed by atoms with Crippen molar-refractivity contribution in [1.82, 2.24) is 4.90 Å². The third-order valence-electron chi connectivity index (χ3n) is 3.28. The fourth-order valence-electron chi connectivity index (χ4n) is 2.23. The van der Waals surface area contributed by atoms with Gasteiger partial charge in [-0.3, -0.25) is 9.59 Å². The number of hydrogen-bond donors (Lipinski definition) is 1. The molecular formula is C15H19ClN2O2S. The van der Waals surface area contributed by atoms with Crippen molar-refractivity contribution in [3.8, 4) is 0 Å². The zero-order valence-electron chi connectivity index (χ0n) is 11.8. The van der Waals surface area contributed by atoms with Crippen molar-refractivity contribution in [3.05, 3.63) is 29.3 Å². The number of halogens is 1. The van der Waals surface area contributed by atoms with E-state index in [1.54, 1.807) is 24.3 Å². The second kappa shape index (κ2) is 8.29. The number of benzene rings is 1. The van der Waals surface area contributed by atoms with Crippen molar-refractivity contribution >= 4 is 40.9 Å². The molecule has 1 aromatic carbocycles. The molecule has 1 aliphatic heterocycles. The number of amides is 2. The summed E-state index contributed by atoms with van der Waals surface area (Å²) < 4.78 is 0. The zero-order valence-corrected chi connectivity index (χ0v) is 13.4. The molecule has 0 saturated carbocycles. The molecule has 0 radical (unpaired) electrons. The smallest absolute Gasteiger partial charge is 0.234 e. The van der Waals surface area contributed by atoms with Gasteiger partial charge in [-0.05, 0) is 37.5 Å². The third kappa shape index (κ3) is 5.59. The highest BCUT2D eigenvalue weighted by atomic mass is 35.5. The highest BCUT2D eigenvalue weighted by molar-refractivity contribution is 8.00. The van der Waals surface area contributed by atoms with E-state index in [1.807, 2.05) is 4.90 Å². The molecule has 1 fully saturated rings. The van der Waals surface area contributed by atoms with Crippen LogP contribution in [-0.2, 0) is 9.59 Å². The Kier molecular flexibility index (Phi) is 6.39. The van der Waals surface area contributed by atoms with E-state index < -0.39 is 0 Å². The predicted molar refractivity (Wildman–Crippen MR) is 87.8 cm³/mol. The Morgan fingerprint density at radius 1 is 1.19 bits per heavy atom. The van der Waals surface area contributed by atoms with E-state index in [1.165, 1.54) is 18.2 Å². The van der Waals surface area contributed by atoms with Crippen molar-refractivity contribution in [3.63, 3.8) is 0 Å². The van der Waals surface area contributed by atoms with Crippen LogP contribution >= 0.6 is 23.4 Å². The Balaban J connectivity index is 1.68. The molecule has 1 saturated heterocycles. The maximum absolute atomic E-state index is 11.9. The van der Waals surface area contributed by atoms with Crippen LogP contribution in [0.2, 0.25) is 5.02 Å². The normalized spacial score (nSPS) is 14.8. The minimum Gasteiger partial charge on any atom is -0.342 e. The molecule has 4 nitrogen and oxygen atoms in total. The monoisotopic (exact) mass is 326 g/mol. The van der Waals surface area contributed by atoms with Crippen molar-refractivity contribution in [2.45, 2.75) is 19.3 Å². The predicted octanol–water partition coefficient (Wildman–Crippen LogP) is 3.02. The van der Waals surface area contributed by atoms with Crippen LogP contribution < -0.4 is 5.32 Å². The molecule has 114 valence electrons. The van der Waals surface area contributed by atoms with Crippen molar-refractivity contribution in [2.75, 3.05) is 29.9 Å². The first-order valence-electron chi connectivity index (χ1n) is 7.06. The molecule has 0 aliphatic carbocycles. The van der Waals surface area contributed by atoms with Gasteiger partial charge in [0.2, 0.25) is 11.8 Å². The molecule has 0 spiro atoms. The van der Waals surface area contributed by atoms with Gasteiger partial charge in [0, 0.05) is 23.8 Å². The standard InChI is InChI=1S/C15H19ClN2O2S/c16-12-5-4-6-13(9-12)17-14(19)10-21-11-15(20)18-7-2-1-3-8-18/h4-6,9H,1-3,7-8,10-11H2,(H,17,19). The topological polar surface area (TPSA) is 49.4 Å². The summed E-state index contributed by atoms with van der Waals surface area (Å²) in [6.45, 7) is 1.71. The largest absolute Gasteiger partial charge is 0.342 e. The number of likely N-dealkylation sites (tertiary alicyclic amines) is 1. The van der Waals surface area contributed by atoms with Gasteiger partial charge < -0.3 is 10.2 Å². The van der Waals surface area contributed by atoms with Crippen molar-refractivity contribution in [2.24, 2.45) is 0 Å². The Hall–Kier alpha value is -1.20. The summed E-state index contributed by atoms with van der Waals surface area (Å²) >= 11 is 7.20. The number of carbonyl (C=O) groups excluding carboxylic acids is 2. The maximum Gasteiger partial charge on any atom is 0.234 e. The average molecular weight is 327 g/mol. The highest BCUT2D eigenvalue weighted by Gasteiger charge is 2.16. The molecule has 2 rings (SSSR count). The van der Waals surface area contributed by atoms with Crippen LogP contribution in [0.4, 0.5) is 5.69 Å². The number of anilines is 1. The second-order valence-electron chi connectivity index (χ2n) is 4.99. The number of carbonyl (C=O) groups is 2. The molecule has 0 atom stereocenters. The zero-order chi connectivity index (χ0) is 15.1. The number of thioether (sulfide) groups is 1. The maximum atomic E-state index is 11.9. The molecule has 6 heteroatoms. The highest BCUT2D eigenvalue weighted by Crippen LogP contribution is 2.15. The summed E-state index contributed by atoms with van der Waals surface area (Å²) in [5.74, 6) is 0.652. The Bertz CT molecular complexity index is 504. The van der Waals surface area contributed by atoms with E-state index in [-0.39, 0.29) is 17.6 Å². The van der Waals surface area contributed by atoms with E-state index in [9.17, 15) is 9.59 Å². The molecule has 1 aliphatic rings. The lowest BCUT2D eigenvalue weighted by Gasteiger charge is -2.26. The van der Waals surface area contributed by atoms with Crippen LogP contribution in [0.5, 0.6) is 0 Å². The first-order chi connectivity index (χ1) is 10.1. The summed E-state index contributed by atoms with van der Waals surface area (Å²) in [6.07, 6.45) is 3.39. The van der Waals surface area contributed by atoms with E-state index in [0.29, 0.717) is 16.5 Å². The van der Waals surface area contributed by atoms with Gasteiger partial charge >= 0.3 is 0 Å². The van der Waals surface area contributed by atoms with Gasteiger partial charge in [0.1, 0.15) is 0 Å². The third-order valence-corrected chi connectivity index (χ3v) is 4.43. The number of piperidine rings is 1. The minimum absolute atomic E-state index is 0.117. The van der Waals surface area contributed by atoms with Gasteiger partial charge in [-0.15, -0.1) is 11.8 Å². The van der Waals surface area contributed by atoms with Crippen molar-refractivity contribution < 1.29 is 9.59 Å². The van der Waals surface area contributed by atoms with E-state index in [4.69, 9.17) is 11.6 Å². The van der Waals surface area contributed by atoms with Gasteiger partial charge in [-0.2, -0.15) is 0 Å². The molecule has 2 amide bonds. The first kappa shape index (κ1) is 16.2. The molecule has 0 unspecified atom stereocenters. The van der Waals surface area contributed by atoms with Crippen LogP contribution in [0.3, 0.4) is 0 Å². The molecule has 1 N–H and O–H groups in total. The summed E-state index contributed by atoms with van der Waals surface area (Å²) in [5.41, 5.74) is 0.676.